The Morgan fingerprint density at radius 2 is 1.94 bits per heavy atom. The van der Waals surface area contributed by atoms with Crippen LogP contribution in [-0.2, 0) is 19.4 Å². The molecule has 1 amide bonds. The lowest BCUT2D eigenvalue weighted by molar-refractivity contribution is 0.0934. The van der Waals surface area contributed by atoms with E-state index in [1.165, 1.54) is 16.9 Å². The molecular formula is C28H31BrN2O2S. The van der Waals surface area contributed by atoms with Crippen molar-refractivity contribution in [2.45, 2.75) is 59.2 Å². The topological polar surface area (TPSA) is 50.4 Å². The van der Waals surface area contributed by atoms with Gasteiger partial charge >= 0.3 is 0 Å². The van der Waals surface area contributed by atoms with Crippen molar-refractivity contribution in [1.82, 2.24) is 5.32 Å². The van der Waals surface area contributed by atoms with E-state index in [-0.39, 0.29) is 12.1 Å². The molecule has 2 unspecified atom stereocenters. The first-order valence-electron chi connectivity index (χ1n) is 12.0. The molecule has 3 aromatic rings. The molecule has 0 radical (unpaired) electrons. The van der Waals surface area contributed by atoms with Crippen molar-refractivity contribution in [3.8, 4) is 5.75 Å². The van der Waals surface area contributed by atoms with E-state index in [0.717, 1.165) is 51.2 Å². The second-order valence-corrected chi connectivity index (χ2v) is 12.0. The van der Waals surface area contributed by atoms with Crippen LogP contribution in [-0.4, -0.2) is 5.91 Å². The van der Waals surface area contributed by atoms with Crippen molar-refractivity contribution in [3.05, 3.63) is 80.1 Å². The number of thiophene rings is 1. The van der Waals surface area contributed by atoms with Crippen LogP contribution in [0.4, 0.5) is 5.00 Å². The van der Waals surface area contributed by atoms with Crippen LogP contribution in [0.2, 0.25) is 0 Å². The molecule has 178 valence electrons. The number of anilines is 1. The zero-order valence-corrected chi connectivity index (χ0v) is 22.3. The van der Waals surface area contributed by atoms with Crippen LogP contribution in [0.25, 0.3) is 0 Å². The van der Waals surface area contributed by atoms with Crippen molar-refractivity contribution in [2.75, 3.05) is 5.32 Å². The second kappa shape index (κ2) is 9.38. The summed E-state index contributed by atoms with van der Waals surface area (Å²) in [6, 6.07) is 16.1. The van der Waals surface area contributed by atoms with Crippen LogP contribution in [0.15, 0.2) is 53.0 Å². The van der Waals surface area contributed by atoms with Crippen LogP contribution in [0, 0.1) is 11.3 Å². The Morgan fingerprint density at radius 1 is 1.15 bits per heavy atom. The first kappa shape index (κ1) is 23.4. The van der Waals surface area contributed by atoms with E-state index in [1.54, 1.807) is 11.3 Å². The van der Waals surface area contributed by atoms with Gasteiger partial charge in [-0.2, -0.15) is 0 Å². The van der Waals surface area contributed by atoms with E-state index in [1.807, 2.05) is 36.4 Å². The number of amides is 1. The van der Waals surface area contributed by atoms with Gasteiger partial charge in [0.1, 0.15) is 23.5 Å². The molecule has 0 saturated carbocycles. The third-order valence-electron chi connectivity index (χ3n) is 7.58. The Bertz CT molecular complexity index is 1200. The lowest BCUT2D eigenvalue weighted by atomic mass is 9.69. The van der Waals surface area contributed by atoms with Gasteiger partial charge in [0.05, 0.1) is 5.56 Å². The van der Waals surface area contributed by atoms with Crippen LogP contribution in [0.5, 0.6) is 5.75 Å². The predicted molar refractivity (Wildman–Crippen MR) is 143 cm³/mol. The molecule has 1 aliphatic carbocycles. The van der Waals surface area contributed by atoms with Crippen molar-refractivity contribution in [2.24, 2.45) is 11.3 Å². The molecule has 2 N–H and O–H groups in total. The number of nitrogens with one attached hydrogen (secondary N) is 2. The largest absolute Gasteiger partial charge is 0.488 e. The van der Waals surface area contributed by atoms with Crippen LogP contribution >= 0.6 is 27.3 Å². The quantitative estimate of drug-likeness (QED) is 0.341. The average Bonchev–Trinajstić information content (AvgIpc) is 3.22. The highest BCUT2D eigenvalue weighted by Crippen LogP contribution is 2.47. The van der Waals surface area contributed by atoms with Crippen LogP contribution in [0.1, 0.15) is 71.7 Å². The summed E-state index contributed by atoms with van der Waals surface area (Å²) >= 11 is 5.36. The van der Waals surface area contributed by atoms with E-state index in [2.05, 4.69) is 59.5 Å². The molecule has 2 atom stereocenters. The van der Waals surface area contributed by atoms with Crippen molar-refractivity contribution >= 4 is 38.2 Å². The summed E-state index contributed by atoms with van der Waals surface area (Å²) in [5.74, 6) is 1.44. The van der Waals surface area contributed by atoms with Gasteiger partial charge in [-0.15, -0.1) is 11.3 Å². The molecular weight excluding hydrogens is 508 g/mol. The van der Waals surface area contributed by atoms with Gasteiger partial charge in [-0.3, -0.25) is 4.79 Å². The number of carbonyl (C=O) groups excluding carboxylic acids is 1. The first-order chi connectivity index (χ1) is 16.4. The van der Waals surface area contributed by atoms with Crippen molar-refractivity contribution in [3.63, 3.8) is 0 Å². The predicted octanol–water partition coefficient (Wildman–Crippen LogP) is 7.48. The van der Waals surface area contributed by atoms with E-state index < -0.39 is 0 Å². The highest BCUT2D eigenvalue weighted by atomic mass is 79.9. The molecule has 0 fully saturated rings. The van der Waals surface area contributed by atoms with Gasteiger partial charge in [-0.1, -0.05) is 73.5 Å². The molecule has 2 heterocycles. The summed E-state index contributed by atoms with van der Waals surface area (Å²) in [7, 11) is 0. The molecule has 1 aliphatic heterocycles. The molecule has 2 aromatic carbocycles. The molecule has 0 saturated heterocycles. The maximum absolute atomic E-state index is 13.3. The molecule has 5 rings (SSSR count). The minimum Gasteiger partial charge on any atom is -0.488 e. The molecule has 34 heavy (non-hydrogen) atoms. The van der Waals surface area contributed by atoms with Gasteiger partial charge in [0, 0.05) is 14.9 Å². The summed E-state index contributed by atoms with van der Waals surface area (Å²) in [5.41, 5.74) is 4.45. The molecule has 6 heteroatoms. The highest BCUT2D eigenvalue weighted by Gasteiger charge is 2.37. The van der Waals surface area contributed by atoms with E-state index in [4.69, 9.17) is 4.74 Å². The Balaban J connectivity index is 1.41. The van der Waals surface area contributed by atoms with Gasteiger partial charge in [0.25, 0.3) is 5.91 Å². The van der Waals surface area contributed by atoms with E-state index in [9.17, 15) is 4.79 Å². The maximum atomic E-state index is 13.3. The Hall–Kier alpha value is -2.31. The molecule has 1 aromatic heterocycles. The minimum absolute atomic E-state index is 0.0124. The molecule has 4 nitrogen and oxygen atoms in total. The van der Waals surface area contributed by atoms with Crippen molar-refractivity contribution < 1.29 is 9.53 Å². The minimum atomic E-state index is -0.341. The van der Waals surface area contributed by atoms with Crippen LogP contribution < -0.4 is 15.4 Å². The molecule has 0 bridgehead atoms. The number of hydrogen-bond donors (Lipinski definition) is 2. The van der Waals surface area contributed by atoms with Gasteiger partial charge in [0.15, 0.2) is 0 Å². The standard InChI is InChI=1S/C28H31BrN2O2S/c1-4-28(2,3)18-10-12-20-23(14-18)34-27-24(20)26(32)30-25(31-27)21-15-19(29)11-13-22(21)33-16-17-8-6-5-7-9-17/h5-9,11,13,15,18,25,31H,4,10,12,14,16H2,1-3H3,(H,30,32). The molecule has 0 spiro atoms. The number of ether oxygens (including phenoxy) is 1. The Morgan fingerprint density at radius 3 is 2.71 bits per heavy atom. The number of halogens is 1. The zero-order valence-electron chi connectivity index (χ0n) is 19.9. The lowest BCUT2D eigenvalue weighted by Gasteiger charge is -2.36. The van der Waals surface area contributed by atoms with E-state index >= 15 is 0 Å². The van der Waals surface area contributed by atoms with Gasteiger partial charge < -0.3 is 15.4 Å². The Labute approximate surface area is 214 Å². The van der Waals surface area contributed by atoms with Crippen LogP contribution in [0.3, 0.4) is 0 Å². The van der Waals surface area contributed by atoms with Gasteiger partial charge in [-0.25, -0.2) is 0 Å². The Kier molecular flexibility index (Phi) is 6.47. The maximum Gasteiger partial charge on any atom is 0.256 e. The average molecular weight is 540 g/mol. The number of hydrogen-bond acceptors (Lipinski definition) is 4. The number of rotatable bonds is 6. The number of fused-ring (bicyclic) bond motifs is 3. The highest BCUT2D eigenvalue weighted by molar-refractivity contribution is 9.10. The normalized spacial score (nSPS) is 19.6. The second-order valence-electron chi connectivity index (χ2n) is 10.00. The van der Waals surface area contributed by atoms with Gasteiger partial charge in [-0.05, 0) is 59.9 Å². The monoisotopic (exact) mass is 538 g/mol. The third-order valence-corrected chi connectivity index (χ3v) is 9.26. The SMILES string of the molecule is CCC(C)(C)C1CCc2c(sc3c2C(=O)NC(c2cc(Br)ccc2OCc2ccccc2)N3)C1. The zero-order chi connectivity index (χ0) is 23.9. The first-order valence-corrected chi connectivity index (χ1v) is 13.6. The summed E-state index contributed by atoms with van der Waals surface area (Å²) < 4.78 is 7.14. The molecule has 2 aliphatic rings. The summed E-state index contributed by atoms with van der Waals surface area (Å²) in [4.78, 5) is 14.7. The number of benzene rings is 2. The lowest BCUT2D eigenvalue weighted by Crippen LogP contribution is -2.38. The fraction of sp³-hybridized carbons (Fsp3) is 0.393. The van der Waals surface area contributed by atoms with Gasteiger partial charge in [0.2, 0.25) is 0 Å². The summed E-state index contributed by atoms with van der Waals surface area (Å²) in [6.45, 7) is 7.51. The summed E-state index contributed by atoms with van der Waals surface area (Å²) in [6.07, 6.45) is 4.03. The third kappa shape index (κ3) is 4.50. The summed E-state index contributed by atoms with van der Waals surface area (Å²) in [5, 5.41) is 7.81. The van der Waals surface area contributed by atoms with Crippen molar-refractivity contribution in [1.29, 1.82) is 0 Å². The van der Waals surface area contributed by atoms with E-state index in [0.29, 0.717) is 17.9 Å². The fourth-order valence-corrected chi connectivity index (χ4v) is 6.75. The number of carbonyl (C=O) groups is 1. The fourth-order valence-electron chi connectivity index (χ4n) is 5.02. The smallest absolute Gasteiger partial charge is 0.256 e.